The summed E-state index contributed by atoms with van der Waals surface area (Å²) < 4.78 is 31.1. The number of ether oxygens (including phenoxy) is 1. The van der Waals surface area contributed by atoms with E-state index >= 15 is 0 Å². The molecule has 0 bridgehead atoms. The van der Waals surface area contributed by atoms with Gasteiger partial charge in [0.05, 0.1) is 17.9 Å². The number of rotatable bonds is 5. The Balaban J connectivity index is 2.05. The summed E-state index contributed by atoms with van der Waals surface area (Å²) in [5.41, 5.74) is 0. The zero-order valence-electron chi connectivity index (χ0n) is 13.2. The summed E-state index contributed by atoms with van der Waals surface area (Å²) in [5, 5.41) is 2.92. The van der Waals surface area contributed by atoms with Crippen molar-refractivity contribution in [3.8, 4) is 0 Å². The second-order valence-electron chi connectivity index (χ2n) is 5.45. The summed E-state index contributed by atoms with van der Waals surface area (Å²) in [4.78, 5) is 23.3. The summed E-state index contributed by atoms with van der Waals surface area (Å²) in [7, 11) is -2.45. The van der Waals surface area contributed by atoms with Crippen LogP contribution in [-0.2, 0) is 24.3 Å². The van der Waals surface area contributed by atoms with Gasteiger partial charge < -0.3 is 10.1 Å². The molecule has 1 aromatic rings. The molecule has 1 atom stereocenters. The molecule has 132 valence electrons. The molecule has 1 aromatic carbocycles. The third kappa shape index (κ3) is 4.46. The topological polar surface area (TPSA) is 92.8 Å². The van der Waals surface area contributed by atoms with Crippen LogP contribution < -0.4 is 5.32 Å². The average Bonchev–Trinajstić information content (AvgIpc) is 2.59. The maximum atomic E-state index is 12.7. The number of sulfonamides is 1. The van der Waals surface area contributed by atoms with E-state index in [1.165, 1.54) is 35.7 Å². The minimum atomic E-state index is -3.68. The molecule has 1 aliphatic rings. The zero-order chi connectivity index (χ0) is 17.7. The Morgan fingerprint density at radius 2 is 2.00 bits per heavy atom. The van der Waals surface area contributed by atoms with Crippen molar-refractivity contribution >= 4 is 33.5 Å². The summed E-state index contributed by atoms with van der Waals surface area (Å²) in [6.07, 6.45) is 1.14. The van der Waals surface area contributed by atoms with Crippen molar-refractivity contribution in [2.45, 2.75) is 17.7 Å². The highest BCUT2D eigenvalue weighted by Gasteiger charge is 2.33. The second kappa shape index (κ2) is 7.96. The minimum Gasteiger partial charge on any atom is -0.468 e. The number of carbonyl (C=O) groups is 2. The molecular formula is C15H19ClN2O5S. The fraction of sp³-hybridized carbons (Fsp3) is 0.467. The molecule has 1 N–H and O–H groups in total. The molecule has 9 heteroatoms. The first kappa shape index (κ1) is 18.7. The van der Waals surface area contributed by atoms with E-state index in [9.17, 15) is 18.0 Å². The number of halogens is 1. The number of methoxy groups -OCH3 is 1. The lowest BCUT2D eigenvalue weighted by Gasteiger charge is -2.31. The molecule has 0 saturated carbocycles. The van der Waals surface area contributed by atoms with Crippen LogP contribution >= 0.6 is 11.6 Å². The van der Waals surface area contributed by atoms with Crippen LogP contribution in [0.4, 0.5) is 0 Å². The Morgan fingerprint density at radius 3 is 2.62 bits per heavy atom. The van der Waals surface area contributed by atoms with Crippen LogP contribution in [0.25, 0.3) is 0 Å². The molecule has 1 heterocycles. The number of nitrogens with zero attached hydrogens (tertiary/aromatic N) is 1. The molecule has 1 fully saturated rings. The molecule has 1 aliphatic heterocycles. The van der Waals surface area contributed by atoms with Gasteiger partial charge in [0.25, 0.3) is 0 Å². The van der Waals surface area contributed by atoms with E-state index in [4.69, 9.17) is 11.6 Å². The van der Waals surface area contributed by atoms with Gasteiger partial charge in [-0.05, 0) is 37.1 Å². The maximum absolute atomic E-state index is 12.7. The Bertz CT molecular complexity index is 705. The molecular weight excluding hydrogens is 356 g/mol. The fourth-order valence-electron chi connectivity index (χ4n) is 2.51. The highest BCUT2D eigenvalue weighted by atomic mass is 35.5. The number of amides is 1. The zero-order valence-corrected chi connectivity index (χ0v) is 14.8. The van der Waals surface area contributed by atoms with Gasteiger partial charge in [-0.1, -0.05) is 11.6 Å². The van der Waals surface area contributed by atoms with Gasteiger partial charge in [-0.25, -0.2) is 8.42 Å². The van der Waals surface area contributed by atoms with Gasteiger partial charge in [-0.3, -0.25) is 9.59 Å². The minimum absolute atomic E-state index is 0.0813. The molecule has 24 heavy (non-hydrogen) atoms. The van der Waals surface area contributed by atoms with E-state index in [0.717, 1.165) is 0 Å². The number of hydrogen-bond donors (Lipinski definition) is 1. The van der Waals surface area contributed by atoms with Crippen LogP contribution in [0.15, 0.2) is 29.2 Å². The highest BCUT2D eigenvalue weighted by Crippen LogP contribution is 2.24. The average molecular weight is 375 g/mol. The number of piperidine rings is 1. The molecule has 0 aromatic heterocycles. The summed E-state index contributed by atoms with van der Waals surface area (Å²) in [5.74, 6) is -1.40. The Hall–Kier alpha value is -1.64. The third-order valence-electron chi connectivity index (χ3n) is 3.84. The van der Waals surface area contributed by atoms with Crippen LogP contribution in [0.3, 0.4) is 0 Å². The van der Waals surface area contributed by atoms with E-state index in [1.807, 2.05) is 0 Å². The maximum Gasteiger partial charge on any atom is 0.325 e. The number of nitrogens with one attached hydrogen (secondary N) is 1. The van der Waals surface area contributed by atoms with E-state index in [2.05, 4.69) is 10.1 Å². The van der Waals surface area contributed by atoms with Crippen LogP contribution in [0.2, 0.25) is 5.02 Å². The molecule has 0 aliphatic carbocycles. The molecule has 7 nitrogen and oxygen atoms in total. The first-order chi connectivity index (χ1) is 11.3. The van der Waals surface area contributed by atoms with Crippen molar-refractivity contribution in [2.24, 2.45) is 5.92 Å². The predicted molar refractivity (Wildman–Crippen MR) is 88.0 cm³/mol. The summed E-state index contributed by atoms with van der Waals surface area (Å²) >= 11 is 5.79. The van der Waals surface area contributed by atoms with Crippen molar-refractivity contribution in [3.63, 3.8) is 0 Å². The fourth-order valence-corrected chi connectivity index (χ4v) is 4.16. The molecule has 1 amide bonds. The summed E-state index contributed by atoms with van der Waals surface area (Å²) in [6.45, 7) is 0.208. The lowest BCUT2D eigenvalue weighted by molar-refractivity contribution is -0.141. The lowest BCUT2D eigenvalue weighted by Crippen LogP contribution is -2.46. The van der Waals surface area contributed by atoms with Gasteiger partial charge in [0, 0.05) is 18.1 Å². The van der Waals surface area contributed by atoms with Gasteiger partial charge in [0.15, 0.2) is 0 Å². The van der Waals surface area contributed by atoms with Crippen molar-refractivity contribution in [1.82, 2.24) is 9.62 Å². The third-order valence-corrected chi connectivity index (χ3v) is 5.97. The standard InChI is InChI=1S/C15H19ClN2O5S/c1-23-14(19)9-17-15(20)11-3-2-8-18(10-11)24(21,22)13-6-4-12(16)5-7-13/h4-7,11H,2-3,8-10H2,1H3,(H,17,20)/t11-/m1/s1. The van der Waals surface area contributed by atoms with E-state index in [1.54, 1.807) is 0 Å². The van der Waals surface area contributed by atoms with Crippen molar-refractivity contribution in [3.05, 3.63) is 29.3 Å². The van der Waals surface area contributed by atoms with Gasteiger partial charge in [-0.2, -0.15) is 4.31 Å². The Labute approximate surface area is 146 Å². The van der Waals surface area contributed by atoms with Gasteiger partial charge in [0.2, 0.25) is 15.9 Å². The van der Waals surface area contributed by atoms with Crippen LogP contribution in [0.5, 0.6) is 0 Å². The van der Waals surface area contributed by atoms with Gasteiger partial charge in [0.1, 0.15) is 6.54 Å². The monoisotopic (exact) mass is 374 g/mol. The highest BCUT2D eigenvalue weighted by molar-refractivity contribution is 7.89. The number of benzene rings is 1. The molecule has 1 saturated heterocycles. The molecule has 2 rings (SSSR count). The largest absolute Gasteiger partial charge is 0.468 e. The number of hydrogen-bond acceptors (Lipinski definition) is 5. The lowest BCUT2D eigenvalue weighted by atomic mass is 9.99. The van der Waals surface area contributed by atoms with E-state index in [-0.39, 0.29) is 23.9 Å². The first-order valence-electron chi connectivity index (χ1n) is 7.45. The van der Waals surface area contributed by atoms with Crippen LogP contribution in [0, 0.1) is 5.92 Å². The van der Waals surface area contributed by atoms with Gasteiger partial charge in [-0.15, -0.1) is 0 Å². The molecule has 0 spiro atoms. The van der Waals surface area contributed by atoms with E-state index in [0.29, 0.717) is 24.4 Å². The normalized spacial score (nSPS) is 18.8. The molecule has 0 radical (unpaired) electrons. The number of esters is 1. The summed E-state index contributed by atoms with van der Waals surface area (Å²) in [6, 6.07) is 5.91. The number of carbonyl (C=O) groups excluding carboxylic acids is 2. The first-order valence-corrected chi connectivity index (χ1v) is 9.26. The van der Waals surface area contributed by atoms with Crippen molar-refractivity contribution in [1.29, 1.82) is 0 Å². The smallest absolute Gasteiger partial charge is 0.325 e. The quantitative estimate of drug-likeness (QED) is 0.777. The predicted octanol–water partition coefficient (Wildman–Crippen LogP) is 1.03. The Kier molecular flexibility index (Phi) is 6.20. The van der Waals surface area contributed by atoms with E-state index < -0.39 is 21.9 Å². The van der Waals surface area contributed by atoms with Crippen molar-refractivity contribution < 1.29 is 22.7 Å². The SMILES string of the molecule is COC(=O)CNC(=O)[C@@H]1CCCN(S(=O)(=O)c2ccc(Cl)cc2)C1. The van der Waals surface area contributed by atoms with Crippen LogP contribution in [0.1, 0.15) is 12.8 Å². The van der Waals surface area contributed by atoms with Gasteiger partial charge >= 0.3 is 5.97 Å². The van der Waals surface area contributed by atoms with Crippen LogP contribution in [-0.4, -0.2) is 51.3 Å². The Morgan fingerprint density at radius 1 is 1.33 bits per heavy atom. The second-order valence-corrected chi connectivity index (χ2v) is 7.82. The van der Waals surface area contributed by atoms with Crippen molar-refractivity contribution in [2.75, 3.05) is 26.7 Å². The molecule has 0 unspecified atom stereocenters.